The molecular weight excluding hydrogens is 411 g/mol. The Kier molecular flexibility index (Phi) is 3.77. The Hall–Kier alpha value is -3.60. The lowest BCUT2D eigenvalue weighted by atomic mass is 9.93. The third kappa shape index (κ3) is 2.92. The highest BCUT2D eigenvalue weighted by molar-refractivity contribution is 6.30. The summed E-state index contributed by atoms with van der Waals surface area (Å²) in [5.74, 6) is 0. The van der Waals surface area contributed by atoms with E-state index in [1.54, 1.807) is 0 Å². The maximum absolute atomic E-state index is 12.9. The second-order valence-corrected chi connectivity index (χ2v) is 8.25. The fourth-order valence-corrected chi connectivity index (χ4v) is 4.67. The summed E-state index contributed by atoms with van der Waals surface area (Å²) in [6, 6.07) is 19.2. The molecule has 2 nitrogen and oxygen atoms in total. The van der Waals surface area contributed by atoms with Gasteiger partial charge in [0.05, 0.1) is 12.8 Å². The van der Waals surface area contributed by atoms with Gasteiger partial charge in [0.25, 0.3) is 0 Å². The van der Waals surface area contributed by atoms with Crippen molar-refractivity contribution in [3.05, 3.63) is 89.0 Å². The van der Waals surface area contributed by atoms with E-state index in [2.05, 4.69) is 6.07 Å². The second kappa shape index (κ2) is 6.70. The van der Waals surface area contributed by atoms with Crippen molar-refractivity contribution in [3.63, 3.8) is 0 Å². The highest BCUT2D eigenvalue weighted by Crippen LogP contribution is 2.42. The molecule has 0 spiro atoms. The van der Waals surface area contributed by atoms with Crippen LogP contribution in [0.1, 0.15) is 30.0 Å². The van der Waals surface area contributed by atoms with Crippen LogP contribution in [0.5, 0.6) is 0 Å². The summed E-state index contributed by atoms with van der Waals surface area (Å²) in [5, 5.41) is 3.46. The highest BCUT2D eigenvalue weighted by atomic mass is 19.4. The van der Waals surface area contributed by atoms with Crippen LogP contribution in [-0.2, 0) is 6.42 Å². The van der Waals surface area contributed by atoms with Crippen molar-refractivity contribution in [2.75, 3.05) is 0 Å². The second-order valence-electron chi connectivity index (χ2n) is 8.25. The first-order valence-corrected chi connectivity index (χ1v) is 10.4. The molecule has 0 amide bonds. The molecule has 158 valence electrons. The quantitative estimate of drug-likeness (QED) is 0.279. The smallest absolute Gasteiger partial charge is 0.389 e. The van der Waals surface area contributed by atoms with Crippen LogP contribution < -0.4 is 0 Å². The van der Waals surface area contributed by atoms with Crippen LogP contribution in [0.3, 0.4) is 0 Å². The minimum Gasteiger partial charge on any atom is -0.455 e. The van der Waals surface area contributed by atoms with Crippen molar-refractivity contribution in [3.8, 4) is 0 Å². The molecule has 32 heavy (non-hydrogen) atoms. The van der Waals surface area contributed by atoms with Gasteiger partial charge in [0.15, 0.2) is 0 Å². The van der Waals surface area contributed by atoms with Crippen LogP contribution >= 0.6 is 0 Å². The third-order valence-electron chi connectivity index (χ3n) is 6.06. The molecule has 0 N–H and O–H groups in total. The predicted octanol–water partition coefficient (Wildman–Crippen LogP) is 8.03. The number of furan rings is 1. The van der Waals surface area contributed by atoms with Gasteiger partial charge in [-0.3, -0.25) is 0 Å². The number of hydrogen-bond acceptors (Lipinski definition) is 2. The van der Waals surface area contributed by atoms with Crippen molar-refractivity contribution >= 4 is 44.1 Å². The summed E-state index contributed by atoms with van der Waals surface area (Å²) in [4.78, 5) is 4.82. The number of fused-ring (bicyclic) bond motifs is 3. The fourth-order valence-electron chi connectivity index (χ4n) is 4.67. The predicted molar refractivity (Wildman–Crippen MR) is 122 cm³/mol. The van der Waals surface area contributed by atoms with E-state index >= 15 is 0 Å². The molecule has 1 aromatic heterocycles. The number of hydrogen-bond donors (Lipinski definition) is 0. The van der Waals surface area contributed by atoms with Gasteiger partial charge >= 0.3 is 6.18 Å². The zero-order chi connectivity index (χ0) is 22.9. The zero-order valence-corrected chi connectivity index (χ0v) is 17.2. The van der Waals surface area contributed by atoms with Crippen molar-refractivity contribution in [1.82, 2.24) is 0 Å². The Morgan fingerprint density at radius 2 is 1.75 bits per heavy atom. The van der Waals surface area contributed by atoms with Gasteiger partial charge < -0.3 is 4.42 Å². The van der Waals surface area contributed by atoms with E-state index in [1.165, 1.54) is 6.07 Å². The Morgan fingerprint density at radius 3 is 2.59 bits per heavy atom. The number of para-hydroxylation sites is 1. The lowest BCUT2D eigenvalue weighted by Crippen LogP contribution is -2.08. The molecule has 5 aromatic rings. The van der Waals surface area contributed by atoms with Crippen LogP contribution in [0.2, 0.25) is 0 Å². The van der Waals surface area contributed by atoms with Gasteiger partial charge in [0.1, 0.15) is 11.2 Å². The average Bonchev–Trinajstić information content (AvgIpc) is 3.34. The van der Waals surface area contributed by atoms with E-state index in [-0.39, 0.29) is 12.5 Å². The van der Waals surface area contributed by atoms with E-state index in [0.29, 0.717) is 22.5 Å². The molecule has 4 aromatic carbocycles. The summed E-state index contributed by atoms with van der Waals surface area (Å²) in [7, 11) is 0. The maximum atomic E-state index is 12.9. The lowest BCUT2D eigenvalue weighted by Gasteiger charge is -2.10. The number of nitrogens with zero attached hydrogens (tertiary/aromatic N) is 1. The molecule has 0 radical (unpaired) electrons. The van der Waals surface area contributed by atoms with Gasteiger partial charge in [-0.15, -0.1) is 0 Å². The van der Waals surface area contributed by atoms with Crippen LogP contribution in [0, 0.1) is 6.92 Å². The van der Waals surface area contributed by atoms with Gasteiger partial charge in [-0.05, 0) is 54.1 Å². The number of aryl methyl sites for hydroxylation is 2. The van der Waals surface area contributed by atoms with Crippen LogP contribution in [0.4, 0.5) is 18.9 Å². The summed E-state index contributed by atoms with van der Waals surface area (Å²) >= 11 is 0. The van der Waals surface area contributed by atoms with Gasteiger partial charge in [-0.2, -0.15) is 13.2 Å². The first-order valence-electron chi connectivity index (χ1n) is 10.9. The Labute approximate surface area is 183 Å². The molecule has 5 heteroatoms. The highest BCUT2D eigenvalue weighted by Gasteiger charge is 2.28. The van der Waals surface area contributed by atoms with E-state index < -0.39 is 12.6 Å². The topological polar surface area (TPSA) is 25.5 Å². The monoisotopic (exact) mass is 430 g/mol. The zero-order valence-electron chi connectivity index (χ0n) is 18.2. The van der Waals surface area contributed by atoms with Crippen molar-refractivity contribution in [2.24, 2.45) is 4.99 Å². The van der Waals surface area contributed by atoms with Gasteiger partial charge in [0.2, 0.25) is 0 Å². The largest absolute Gasteiger partial charge is 0.455 e. The lowest BCUT2D eigenvalue weighted by molar-refractivity contribution is -0.133. The molecule has 0 bridgehead atoms. The Balaban J connectivity index is 1.58. The van der Waals surface area contributed by atoms with Crippen LogP contribution in [-0.4, -0.2) is 11.9 Å². The van der Waals surface area contributed by atoms with Gasteiger partial charge in [0, 0.05) is 33.7 Å². The molecule has 1 aliphatic rings. The fraction of sp³-hybridized carbons (Fsp3) is 0.148. The molecule has 6 rings (SSSR count). The summed E-state index contributed by atoms with van der Waals surface area (Å²) < 4.78 is 53.4. The summed E-state index contributed by atoms with van der Waals surface area (Å²) in [6.07, 6.45) is -5.33. The van der Waals surface area contributed by atoms with E-state index in [0.717, 1.165) is 43.8 Å². The Morgan fingerprint density at radius 1 is 0.938 bits per heavy atom. The first-order chi connectivity index (χ1) is 15.8. The molecular formula is C27H18F3NO. The minimum absolute atomic E-state index is 0.135. The summed E-state index contributed by atoms with van der Waals surface area (Å²) in [6.45, 7) is 2.01. The molecule has 0 unspecified atom stereocenters. The molecule has 0 saturated heterocycles. The average molecular weight is 430 g/mol. The normalized spacial score (nSPS) is 13.9. The van der Waals surface area contributed by atoms with E-state index in [9.17, 15) is 13.2 Å². The van der Waals surface area contributed by atoms with E-state index in [4.69, 9.17) is 10.8 Å². The number of halogens is 3. The molecule has 0 saturated carbocycles. The molecule has 0 aliphatic carbocycles. The van der Waals surface area contributed by atoms with E-state index in [1.807, 2.05) is 55.5 Å². The number of aliphatic imine (C=N–C) groups is 1. The van der Waals surface area contributed by atoms with Gasteiger partial charge in [-0.1, -0.05) is 42.5 Å². The third-order valence-corrected chi connectivity index (χ3v) is 6.06. The molecule has 1 aliphatic heterocycles. The standard InChI is InChI=1S/C27H18F3NO/c1-15-13-20-18-5-2-3-8-23(18)32-26(20)21(14-15)25-19-7-4-6-17-16(11-12-27(28,29)30)9-10-22(31-25)24(17)19/h2-10,13-14H,11-12H2,1H3/i10D. The van der Waals surface area contributed by atoms with Crippen LogP contribution in [0.25, 0.3) is 32.7 Å². The van der Waals surface area contributed by atoms with Crippen LogP contribution in [0.15, 0.2) is 76.1 Å². The number of rotatable bonds is 3. The maximum Gasteiger partial charge on any atom is 0.389 e. The summed E-state index contributed by atoms with van der Waals surface area (Å²) in [5.41, 5.74) is 5.89. The van der Waals surface area contributed by atoms with Crippen molar-refractivity contribution < 1.29 is 19.0 Å². The minimum atomic E-state index is -4.25. The first kappa shape index (κ1) is 18.0. The van der Waals surface area contributed by atoms with Gasteiger partial charge in [-0.25, -0.2) is 4.99 Å². The number of alkyl halides is 3. The molecule has 0 atom stereocenters. The molecule has 2 heterocycles. The SMILES string of the molecule is [2H]c1cc(CCC(F)(F)F)c2cccc3c2c1N=C3c1cc(C)cc2c1oc1ccccc12. The van der Waals surface area contributed by atoms with Crippen molar-refractivity contribution in [2.45, 2.75) is 25.9 Å². The van der Waals surface area contributed by atoms with Crippen molar-refractivity contribution in [1.29, 1.82) is 0 Å². The Bertz CT molecular complexity index is 1630. The molecule has 0 fully saturated rings. The number of benzene rings is 4.